The maximum atomic E-state index is 6.05. The molecule has 2 rings (SSSR count). The minimum atomic E-state index is 0.466. The second kappa shape index (κ2) is 6.19. The highest BCUT2D eigenvalue weighted by Gasteiger charge is 2.24. The number of halogens is 1. The van der Waals surface area contributed by atoms with Crippen molar-refractivity contribution in [3.05, 3.63) is 33.4 Å². The van der Waals surface area contributed by atoms with Crippen LogP contribution in [0.25, 0.3) is 0 Å². The van der Waals surface area contributed by atoms with Gasteiger partial charge in [0.05, 0.1) is 12.7 Å². The minimum Gasteiger partial charge on any atom is -0.374 e. The highest BCUT2D eigenvalue weighted by molar-refractivity contribution is 14.1. The topological polar surface area (TPSA) is 9.23 Å². The summed E-state index contributed by atoms with van der Waals surface area (Å²) < 4.78 is 7.33. The maximum absolute atomic E-state index is 6.05. The number of hydrogen-bond donors (Lipinski definition) is 0. The summed E-state index contributed by atoms with van der Waals surface area (Å²) in [7, 11) is 0. The second-order valence-electron chi connectivity index (χ2n) is 5.48. The Morgan fingerprint density at radius 1 is 1.06 bits per heavy atom. The van der Waals surface area contributed by atoms with Crippen molar-refractivity contribution in [1.82, 2.24) is 0 Å². The van der Waals surface area contributed by atoms with E-state index in [1.54, 1.807) is 0 Å². The second-order valence-corrected chi connectivity index (χ2v) is 6.72. The molecule has 1 aliphatic carbocycles. The Morgan fingerprint density at radius 2 is 1.65 bits per heavy atom. The van der Waals surface area contributed by atoms with E-state index in [1.807, 2.05) is 0 Å². The van der Waals surface area contributed by atoms with Crippen LogP contribution in [-0.4, -0.2) is 6.10 Å². The van der Waals surface area contributed by atoms with Crippen LogP contribution in [0.2, 0.25) is 0 Å². The summed E-state index contributed by atoms with van der Waals surface area (Å²) in [6, 6.07) is 8.62. The average molecular weight is 344 g/mol. The van der Waals surface area contributed by atoms with E-state index in [1.165, 1.54) is 28.4 Å². The van der Waals surface area contributed by atoms with E-state index < -0.39 is 0 Å². The molecule has 0 heterocycles. The molecule has 94 valence electrons. The maximum Gasteiger partial charge on any atom is 0.0720 e. The molecule has 0 spiro atoms. The summed E-state index contributed by atoms with van der Waals surface area (Å²) in [6.07, 6.45) is 4.29. The molecule has 0 aliphatic heterocycles. The van der Waals surface area contributed by atoms with E-state index in [-0.39, 0.29) is 0 Å². The van der Waals surface area contributed by atoms with E-state index in [9.17, 15) is 0 Å². The summed E-state index contributed by atoms with van der Waals surface area (Å²) in [6.45, 7) is 5.45. The van der Waals surface area contributed by atoms with Gasteiger partial charge in [-0.3, -0.25) is 0 Å². The largest absolute Gasteiger partial charge is 0.374 e. The SMILES string of the molecule is CC1CC(C)CC(OCc2ccc(I)cc2)C1. The van der Waals surface area contributed by atoms with Crippen LogP contribution in [0.1, 0.15) is 38.7 Å². The fourth-order valence-corrected chi connectivity index (χ4v) is 3.16. The summed E-state index contributed by atoms with van der Waals surface area (Å²) >= 11 is 2.33. The van der Waals surface area contributed by atoms with Crippen molar-refractivity contribution in [2.45, 2.75) is 45.8 Å². The monoisotopic (exact) mass is 344 g/mol. The fraction of sp³-hybridized carbons (Fsp3) is 0.600. The van der Waals surface area contributed by atoms with Crippen LogP contribution in [0.3, 0.4) is 0 Å². The fourth-order valence-electron chi connectivity index (χ4n) is 2.80. The zero-order valence-corrected chi connectivity index (χ0v) is 12.8. The van der Waals surface area contributed by atoms with Gasteiger partial charge in [0.15, 0.2) is 0 Å². The summed E-state index contributed by atoms with van der Waals surface area (Å²) in [4.78, 5) is 0. The lowest BCUT2D eigenvalue weighted by molar-refractivity contribution is -0.00915. The predicted molar refractivity (Wildman–Crippen MR) is 79.9 cm³/mol. The van der Waals surface area contributed by atoms with E-state index >= 15 is 0 Å². The van der Waals surface area contributed by atoms with Crippen LogP contribution in [-0.2, 0) is 11.3 Å². The standard InChI is InChI=1S/C15H21IO/c1-11-7-12(2)9-15(8-11)17-10-13-3-5-14(16)6-4-13/h3-6,11-12,15H,7-10H2,1-2H3. The van der Waals surface area contributed by atoms with Gasteiger partial charge in [0.1, 0.15) is 0 Å². The molecular weight excluding hydrogens is 323 g/mol. The van der Waals surface area contributed by atoms with Gasteiger partial charge in [-0.15, -0.1) is 0 Å². The van der Waals surface area contributed by atoms with Crippen molar-refractivity contribution in [3.8, 4) is 0 Å². The van der Waals surface area contributed by atoms with Crippen molar-refractivity contribution in [1.29, 1.82) is 0 Å². The van der Waals surface area contributed by atoms with E-state index in [0.29, 0.717) is 6.10 Å². The molecule has 0 saturated heterocycles. The Hall–Kier alpha value is -0.0900. The lowest BCUT2D eigenvalue weighted by atomic mass is 9.82. The van der Waals surface area contributed by atoms with Gasteiger partial charge in [-0.25, -0.2) is 0 Å². The number of rotatable bonds is 3. The normalized spacial score (nSPS) is 29.2. The molecular formula is C15H21IO. The molecule has 1 fully saturated rings. The Balaban J connectivity index is 1.83. The van der Waals surface area contributed by atoms with Gasteiger partial charge < -0.3 is 4.74 Å². The van der Waals surface area contributed by atoms with Gasteiger partial charge in [-0.2, -0.15) is 0 Å². The highest BCUT2D eigenvalue weighted by atomic mass is 127. The minimum absolute atomic E-state index is 0.466. The third-order valence-corrected chi connectivity index (χ3v) is 4.25. The van der Waals surface area contributed by atoms with Crippen molar-refractivity contribution in [3.63, 3.8) is 0 Å². The highest BCUT2D eigenvalue weighted by Crippen LogP contribution is 2.30. The average Bonchev–Trinajstić information content (AvgIpc) is 2.27. The third kappa shape index (κ3) is 4.25. The van der Waals surface area contributed by atoms with E-state index in [2.05, 4.69) is 60.7 Å². The van der Waals surface area contributed by atoms with Crippen LogP contribution in [0.15, 0.2) is 24.3 Å². The first-order valence-corrected chi connectivity index (χ1v) is 7.57. The molecule has 0 radical (unpaired) electrons. The third-order valence-electron chi connectivity index (χ3n) is 3.53. The van der Waals surface area contributed by atoms with E-state index in [0.717, 1.165) is 18.4 Å². The molecule has 1 aliphatic rings. The van der Waals surface area contributed by atoms with Crippen molar-refractivity contribution in [2.75, 3.05) is 0 Å². The zero-order valence-electron chi connectivity index (χ0n) is 10.7. The van der Waals surface area contributed by atoms with Crippen LogP contribution in [0, 0.1) is 15.4 Å². The van der Waals surface area contributed by atoms with Gasteiger partial charge in [0.2, 0.25) is 0 Å². The molecule has 2 unspecified atom stereocenters. The first-order valence-electron chi connectivity index (χ1n) is 6.49. The van der Waals surface area contributed by atoms with Gasteiger partial charge in [-0.1, -0.05) is 26.0 Å². The number of hydrogen-bond acceptors (Lipinski definition) is 1. The molecule has 1 nitrogen and oxygen atoms in total. The van der Waals surface area contributed by atoms with Gasteiger partial charge in [0, 0.05) is 3.57 Å². The van der Waals surface area contributed by atoms with Crippen molar-refractivity contribution >= 4 is 22.6 Å². The van der Waals surface area contributed by atoms with Gasteiger partial charge >= 0.3 is 0 Å². The first kappa shape index (κ1) is 13.3. The Kier molecular flexibility index (Phi) is 4.86. The van der Waals surface area contributed by atoms with Crippen LogP contribution in [0.4, 0.5) is 0 Å². The van der Waals surface area contributed by atoms with Crippen molar-refractivity contribution < 1.29 is 4.74 Å². The molecule has 1 aromatic carbocycles. The smallest absolute Gasteiger partial charge is 0.0720 e. The van der Waals surface area contributed by atoms with Crippen molar-refractivity contribution in [2.24, 2.45) is 11.8 Å². The van der Waals surface area contributed by atoms with Gasteiger partial charge in [-0.05, 0) is 71.4 Å². The predicted octanol–water partition coefficient (Wildman–Crippen LogP) is 4.63. The Morgan fingerprint density at radius 3 is 2.24 bits per heavy atom. The van der Waals surface area contributed by atoms with Crippen LogP contribution < -0.4 is 0 Å². The Bertz CT molecular complexity index is 336. The molecule has 1 aromatic rings. The molecule has 0 N–H and O–H groups in total. The summed E-state index contributed by atoms with van der Waals surface area (Å²) in [5, 5.41) is 0. The molecule has 2 atom stereocenters. The molecule has 0 amide bonds. The molecule has 0 bridgehead atoms. The first-order chi connectivity index (χ1) is 8.13. The van der Waals surface area contributed by atoms with Crippen LogP contribution >= 0.6 is 22.6 Å². The van der Waals surface area contributed by atoms with E-state index in [4.69, 9.17) is 4.74 Å². The molecule has 17 heavy (non-hydrogen) atoms. The lowest BCUT2D eigenvalue weighted by Gasteiger charge is -2.31. The molecule has 2 heteroatoms. The molecule has 1 saturated carbocycles. The van der Waals surface area contributed by atoms with Crippen LogP contribution in [0.5, 0.6) is 0 Å². The summed E-state index contributed by atoms with van der Waals surface area (Å²) in [5.74, 6) is 1.64. The number of benzene rings is 1. The molecule has 0 aromatic heterocycles. The Labute approximate surface area is 118 Å². The lowest BCUT2D eigenvalue weighted by Crippen LogP contribution is -2.26. The number of ether oxygens (including phenoxy) is 1. The quantitative estimate of drug-likeness (QED) is 0.727. The summed E-state index contributed by atoms with van der Waals surface area (Å²) in [5.41, 5.74) is 1.29. The zero-order chi connectivity index (χ0) is 12.3. The van der Waals surface area contributed by atoms with Gasteiger partial charge in [0.25, 0.3) is 0 Å².